The third-order valence-electron chi connectivity index (χ3n) is 4.08. The van der Waals surface area contributed by atoms with E-state index in [2.05, 4.69) is 21.4 Å². The highest BCUT2D eigenvalue weighted by Gasteiger charge is 2.14. The predicted molar refractivity (Wildman–Crippen MR) is 108 cm³/mol. The van der Waals surface area contributed by atoms with E-state index < -0.39 is 0 Å². The number of benzene rings is 2. The van der Waals surface area contributed by atoms with Gasteiger partial charge in [0.2, 0.25) is 11.8 Å². The molecule has 0 amide bonds. The van der Waals surface area contributed by atoms with Gasteiger partial charge in [-0.05, 0) is 68.3 Å². The van der Waals surface area contributed by atoms with Gasteiger partial charge in [0.1, 0.15) is 5.75 Å². The van der Waals surface area contributed by atoms with Crippen LogP contribution < -0.4 is 10.1 Å². The zero-order valence-corrected chi connectivity index (χ0v) is 16.4. The zero-order chi connectivity index (χ0) is 20.8. The molecule has 7 heteroatoms. The number of hydrogen-bond donors (Lipinski definition) is 1. The molecular weight excluding hydrogens is 368 g/mol. The number of nitriles is 1. The zero-order valence-electron chi connectivity index (χ0n) is 16.4. The largest absolute Gasteiger partial charge is 0.462 e. The molecule has 0 saturated heterocycles. The van der Waals surface area contributed by atoms with Crippen LogP contribution in [0.1, 0.15) is 34.0 Å². The fourth-order valence-electron chi connectivity index (χ4n) is 2.76. The second kappa shape index (κ2) is 8.85. The Morgan fingerprint density at radius 2 is 1.83 bits per heavy atom. The topological polar surface area (TPSA) is 97.1 Å². The molecule has 1 N–H and O–H groups in total. The van der Waals surface area contributed by atoms with Crippen molar-refractivity contribution in [2.75, 3.05) is 11.9 Å². The van der Waals surface area contributed by atoms with Crippen molar-refractivity contribution in [2.45, 2.75) is 20.8 Å². The van der Waals surface area contributed by atoms with Crippen molar-refractivity contribution in [1.82, 2.24) is 9.97 Å². The van der Waals surface area contributed by atoms with Crippen LogP contribution in [0.25, 0.3) is 0 Å². The molecule has 146 valence electrons. The van der Waals surface area contributed by atoms with Crippen molar-refractivity contribution in [3.63, 3.8) is 0 Å². The highest BCUT2D eigenvalue weighted by molar-refractivity contribution is 5.90. The number of carbonyl (C=O) groups is 1. The standard InChI is InChI=1S/C22H20N4O3/c1-4-28-21(27)17-11-14(2)20(15(3)12-17)29-19-9-10-24-22(26-19)25-18-7-5-16(13-23)6-8-18/h5-12H,4H2,1-3H3,(H,24,25,26). The van der Waals surface area contributed by atoms with Crippen LogP contribution in [0.15, 0.2) is 48.7 Å². The molecule has 0 saturated carbocycles. The number of esters is 1. The first-order valence-corrected chi connectivity index (χ1v) is 9.06. The van der Waals surface area contributed by atoms with E-state index in [0.29, 0.717) is 35.3 Å². The lowest BCUT2D eigenvalue weighted by atomic mass is 10.1. The van der Waals surface area contributed by atoms with E-state index >= 15 is 0 Å². The number of ether oxygens (including phenoxy) is 2. The highest BCUT2D eigenvalue weighted by atomic mass is 16.5. The Bertz CT molecular complexity index is 1050. The average Bonchev–Trinajstić information content (AvgIpc) is 2.71. The van der Waals surface area contributed by atoms with Gasteiger partial charge in [-0.2, -0.15) is 10.2 Å². The monoisotopic (exact) mass is 388 g/mol. The summed E-state index contributed by atoms with van der Waals surface area (Å²) >= 11 is 0. The lowest BCUT2D eigenvalue weighted by Crippen LogP contribution is -2.06. The van der Waals surface area contributed by atoms with E-state index in [4.69, 9.17) is 14.7 Å². The molecule has 1 heterocycles. The van der Waals surface area contributed by atoms with E-state index in [0.717, 1.165) is 16.8 Å². The Morgan fingerprint density at radius 3 is 2.45 bits per heavy atom. The normalized spacial score (nSPS) is 10.1. The maximum Gasteiger partial charge on any atom is 0.338 e. The molecule has 0 aliphatic carbocycles. The lowest BCUT2D eigenvalue weighted by molar-refractivity contribution is 0.0526. The first-order chi connectivity index (χ1) is 14.0. The molecular formula is C22H20N4O3. The van der Waals surface area contributed by atoms with Crippen LogP contribution in [0.2, 0.25) is 0 Å². The quantitative estimate of drug-likeness (QED) is 0.612. The Balaban J connectivity index is 1.79. The number of nitrogens with zero attached hydrogens (tertiary/aromatic N) is 3. The summed E-state index contributed by atoms with van der Waals surface area (Å²) in [7, 11) is 0. The van der Waals surface area contributed by atoms with Crippen molar-refractivity contribution in [3.8, 4) is 17.7 Å². The minimum absolute atomic E-state index is 0.325. The first kappa shape index (κ1) is 19.8. The van der Waals surface area contributed by atoms with Crippen LogP contribution in [0, 0.1) is 25.2 Å². The second-order valence-electron chi connectivity index (χ2n) is 6.29. The molecule has 7 nitrogen and oxygen atoms in total. The Kier molecular flexibility index (Phi) is 6.05. The number of hydrogen-bond acceptors (Lipinski definition) is 7. The minimum Gasteiger partial charge on any atom is -0.462 e. The molecule has 2 aromatic carbocycles. The van der Waals surface area contributed by atoms with E-state index in [1.165, 1.54) is 0 Å². The summed E-state index contributed by atoms with van der Waals surface area (Å²) in [5.74, 6) is 0.999. The third-order valence-corrected chi connectivity index (χ3v) is 4.08. The van der Waals surface area contributed by atoms with Crippen LogP contribution in [-0.2, 0) is 4.74 Å². The molecule has 0 aliphatic rings. The van der Waals surface area contributed by atoms with E-state index in [-0.39, 0.29) is 5.97 Å². The molecule has 3 aromatic rings. The summed E-state index contributed by atoms with van der Waals surface area (Å²) in [5, 5.41) is 12.0. The Hall–Kier alpha value is -3.92. The van der Waals surface area contributed by atoms with Gasteiger partial charge in [-0.1, -0.05) is 0 Å². The molecule has 29 heavy (non-hydrogen) atoms. The highest BCUT2D eigenvalue weighted by Crippen LogP contribution is 2.29. The van der Waals surface area contributed by atoms with Crippen LogP contribution in [0.3, 0.4) is 0 Å². The summed E-state index contributed by atoms with van der Waals surface area (Å²) in [5.41, 5.74) is 3.42. The first-order valence-electron chi connectivity index (χ1n) is 9.06. The van der Waals surface area contributed by atoms with Gasteiger partial charge >= 0.3 is 5.97 Å². The lowest BCUT2D eigenvalue weighted by Gasteiger charge is -2.13. The van der Waals surface area contributed by atoms with Gasteiger partial charge in [0, 0.05) is 18.0 Å². The summed E-state index contributed by atoms with van der Waals surface area (Å²) in [4.78, 5) is 20.5. The smallest absolute Gasteiger partial charge is 0.338 e. The van der Waals surface area contributed by atoms with Crippen molar-refractivity contribution >= 4 is 17.6 Å². The summed E-state index contributed by atoms with van der Waals surface area (Å²) < 4.78 is 11.0. The number of nitrogens with one attached hydrogen (secondary N) is 1. The number of rotatable bonds is 6. The number of aryl methyl sites for hydroxylation is 2. The van der Waals surface area contributed by atoms with Gasteiger partial charge in [-0.15, -0.1) is 0 Å². The van der Waals surface area contributed by atoms with Crippen molar-refractivity contribution in [1.29, 1.82) is 5.26 Å². The molecule has 0 aliphatic heterocycles. The molecule has 0 atom stereocenters. The van der Waals surface area contributed by atoms with Crippen molar-refractivity contribution in [3.05, 3.63) is 70.9 Å². The predicted octanol–water partition coefficient (Wildman–Crippen LogP) is 4.68. The molecule has 0 radical (unpaired) electrons. The van der Waals surface area contributed by atoms with Gasteiger partial charge < -0.3 is 14.8 Å². The van der Waals surface area contributed by atoms with E-state index in [1.54, 1.807) is 55.6 Å². The summed E-state index contributed by atoms with van der Waals surface area (Å²) in [6.45, 7) is 5.82. The fourth-order valence-corrected chi connectivity index (χ4v) is 2.76. The Morgan fingerprint density at radius 1 is 1.14 bits per heavy atom. The molecule has 0 fully saturated rings. The van der Waals surface area contributed by atoms with Gasteiger partial charge in [-0.25, -0.2) is 9.78 Å². The SMILES string of the molecule is CCOC(=O)c1cc(C)c(Oc2ccnc(Nc3ccc(C#N)cc3)n2)c(C)c1. The average molecular weight is 388 g/mol. The fraction of sp³-hybridized carbons (Fsp3) is 0.182. The molecule has 0 bridgehead atoms. The summed E-state index contributed by atoms with van der Waals surface area (Å²) in [6, 6.07) is 14.2. The van der Waals surface area contributed by atoms with E-state index in [9.17, 15) is 4.79 Å². The van der Waals surface area contributed by atoms with Gasteiger partial charge in [0.05, 0.1) is 23.8 Å². The van der Waals surface area contributed by atoms with E-state index in [1.807, 2.05) is 13.8 Å². The van der Waals surface area contributed by atoms with Gasteiger partial charge in [-0.3, -0.25) is 0 Å². The van der Waals surface area contributed by atoms with Crippen LogP contribution in [0.4, 0.5) is 11.6 Å². The molecule has 3 rings (SSSR count). The third kappa shape index (κ3) is 4.87. The van der Waals surface area contributed by atoms with Crippen molar-refractivity contribution in [2.24, 2.45) is 0 Å². The minimum atomic E-state index is -0.360. The van der Waals surface area contributed by atoms with Crippen molar-refractivity contribution < 1.29 is 14.3 Å². The Labute approximate surface area is 169 Å². The number of aromatic nitrogens is 2. The molecule has 0 unspecified atom stereocenters. The van der Waals surface area contributed by atoms with Gasteiger partial charge in [0.25, 0.3) is 0 Å². The maximum atomic E-state index is 12.0. The number of carbonyl (C=O) groups excluding carboxylic acids is 1. The number of anilines is 2. The summed E-state index contributed by atoms with van der Waals surface area (Å²) in [6.07, 6.45) is 1.59. The van der Waals surface area contributed by atoms with Crippen LogP contribution >= 0.6 is 0 Å². The van der Waals surface area contributed by atoms with Gasteiger partial charge in [0.15, 0.2) is 0 Å². The van der Waals surface area contributed by atoms with Crippen LogP contribution in [-0.4, -0.2) is 22.5 Å². The maximum absolute atomic E-state index is 12.0. The molecule has 1 aromatic heterocycles. The van der Waals surface area contributed by atoms with Crippen LogP contribution in [0.5, 0.6) is 11.6 Å². The second-order valence-corrected chi connectivity index (χ2v) is 6.29. The molecule has 0 spiro atoms.